The van der Waals surface area contributed by atoms with Crippen molar-refractivity contribution in [3.8, 4) is 5.75 Å². The predicted octanol–water partition coefficient (Wildman–Crippen LogP) is 3.74. The quantitative estimate of drug-likeness (QED) is 0.836. The topological polar surface area (TPSA) is 55.4 Å². The first-order chi connectivity index (χ1) is 10.0. The summed E-state index contributed by atoms with van der Waals surface area (Å²) in [5.41, 5.74) is 0. The summed E-state index contributed by atoms with van der Waals surface area (Å²) in [5, 5.41) is 0.389. The lowest BCUT2D eigenvalue weighted by Crippen LogP contribution is -2.34. The Labute approximate surface area is 131 Å². The summed E-state index contributed by atoms with van der Waals surface area (Å²) >= 11 is 5.94. The molecule has 0 unspecified atom stereocenters. The second kappa shape index (κ2) is 7.47. The van der Waals surface area contributed by atoms with Crippen LogP contribution in [0.1, 0.15) is 45.4 Å². The third-order valence-corrected chi connectivity index (χ3v) is 5.45. The molecule has 0 saturated heterocycles. The van der Waals surface area contributed by atoms with Crippen molar-refractivity contribution in [2.75, 3.05) is 6.61 Å². The van der Waals surface area contributed by atoms with Crippen LogP contribution in [0.25, 0.3) is 0 Å². The standard InChI is InChI=1S/C15H22ClNO3S/c1-2-20-14-10-9-12(16)11-15(14)21(18,19)17-13-7-5-3-4-6-8-13/h9-11,13,17H,2-8H2,1H3. The highest BCUT2D eigenvalue weighted by Crippen LogP contribution is 2.28. The van der Waals surface area contributed by atoms with Crippen molar-refractivity contribution in [2.45, 2.75) is 56.4 Å². The number of hydrogen-bond acceptors (Lipinski definition) is 3. The van der Waals surface area contributed by atoms with E-state index in [4.69, 9.17) is 16.3 Å². The van der Waals surface area contributed by atoms with Crippen LogP contribution in [0.2, 0.25) is 5.02 Å². The Morgan fingerprint density at radius 2 is 1.90 bits per heavy atom. The average molecular weight is 332 g/mol. The van der Waals surface area contributed by atoms with Crippen LogP contribution < -0.4 is 9.46 Å². The molecule has 1 aliphatic carbocycles. The highest BCUT2D eigenvalue weighted by molar-refractivity contribution is 7.89. The Morgan fingerprint density at radius 3 is 2.52 bits per heavy atom. The number of hydrogen-bond donors (Lipinski definition) is 1. The van der Waals surface area contributed by atoms with Crippen LogP contribution >= 0.6 is 11.6 Å². The zero-order valence-corrected chi connectivity index (χ0v) is 13.8. The van der Waals surface area contributed by atoms with E-state index >= 15 is 0 Å². The lowest BCUT2D eigenvalue weighted by Gasteiger charge is -2.18. The highest BCUT2D eigenvalue weighted by Gasteiger charge is 2.24. The Hall–Kier alpha value is -0.780. The number of rotatable bonds is 5. The second-order valence-corrected chi connectivity index (χ2v) is 7.45. The van der Waals surface area contributed by atoms with E-state index in [1.807, 2.05) is 6.92 Å². The van der Waals surface area contributed by atoms with Gasteiger partial charge in [0.05, 0.1) is 6.61 Å². The Kier molecular flexibility index (Phi) is 5.90. The van der Waals surface area contributed by atoms with Gasteiger partial charge in [0.2, 0.25) is 10.0 Å². The van der Waals surface area contributed by atoms with Gasteiger partial charge in [-0.2, -0.15) is 0 Å². The molecule has 1 N–H and O–H groups in total. The van der Waals surface area contributed by atoms with E-state index in [0.717, 1.165) is 25.7 Å². The summed E-state index contributed by atoms with van der Waals surface area (Å²) in [5.74, 6) is 0.350. The van der Waals surface area contributed by atoms with Gasteiger partial charge >= 0.3 is 0 Å². The van der Waals surface area contributed by atoms with Crippen LogP contribution in [0, 0.1) is 0 Å². The summed E-state index contributed by atoms with van der Waals surface area (Å²) in [7, 11) is -3.61. The molecular weight excluding hydrogens is 310 g/mol. The van der Waals surface area contributed by atoms with E-state index in [2.05, 4.69) is 4.72 Å². The van der Waals surface area contributed by atoms with E-state index in [9.17, 15) is 8.42 Å². The van der Waals surface area contributed by atoms with Crippen LogP contribution in [-0.2, 0) is 10.0 Å². The smallest absolute Gasteiger partial charge is 0.244 e. The second-order valence-electron chi connectivity index (χ2n) is 5.33. The number of benzene rings is 1. The van der Waals surface area contributed by atoms with Crippen LogP contribution in [0.3, 0.4) is 0 Å². The van der Waals surface area contributed by atoms with Crippen molar-refractivity contribution >= 4 is 21.6 Å². The average Bonchev–Trinajstić information content (AvgIpc) is 2.69. The first kappa shape index (κ1) is 16.6. The molecule has 0 amide bonds. The van der Waals surface area contributed by atoms with Crippen molar-refractivity contribution in [1.82, 2.24) is 4.72 Å². The molecule has 0 heterocycles. The minimum Gasteiger partial charge on any atom is -0.492 e. The normalized spacial score (nSPS) is 17.4. The number of sulfonamides is 1. The van der Waals surface area contributed by atoms with Gasteiger partial charge in [-0.15, -0.1) is 0 Å². The fraction of sp³-hybridized carbons (Fsp3) is 0.600. The molecule has 1 saturated carbocycles. The van der Waals surface area contributed by atoms with Gasteiger partial charge < -0.3 is 4.74 Å². The van der Waals surface area contributed by atoms with Crippen molar-refractivity contribution in [3.63, 3.8) is 0 Å². The molecule has 0 atom stereocenters. The molecule has 0 spiro atoms. The summed E-state index contributed by atoms with van der Waals surface area (Å²) < 4.78 is 33.4. The first-order valence-electron chi connectivity index (χ1n) is 7.47. The molecule has 2 rings (SSSR count). The fourth-order valence-electron chi connectivity index (χ4n) is 2.65. The maximum atomic E-state index is 12.6. The van der Waals surface area contributed by atoms with E-state index < -0.39 is 10.0 Å². The molecule has 118 valence electrons. The summed E-state index contributed by atoms with van der Waals surface area (Å²) in [6.07, 6.45) is 6.29. The van der Waals surface area contributed by atoms with Crippen molar-refractivity contribution in [3.05, 3.63) is 23.2 Å². The number of nitrogens with one attached hydrogen (secondary N) is 1. The van der Waals surface area contributed by atoms with Crippen molar-refractivity contribution in [2.24, 2.45) is 0 Å². The molecule has 0 aromatic heterocycles. The molecule has 21 heavy (non-hydrogen) atoms. The van der Waals surface area contributed by atoms with Gasteiger partial charge in [-0.05, 0) is 38.0 Å². The molecule has 0 radical (unpaired) electrons. The summed E-state index contributed by atoms with van der Waals surface area (Å²) in [4.78, 5) is 0.126. The first-order valence-corrected chi connectivity index (χ1v) is 9.33. The van der Waals surface area contributed by atoms with E-state index in [1.165, 1.54) is 18.9 Å². The van der Waals surface area contributed by atoms with Gasteiger partial charge in [0.1, 0.15) is 10.6 Å². The number of ether oxygens (including phenoxy) is 1. The van der Waals surface area contributed by atoms with E-state index in [1.54, 1.807) is 12.1 Å². The van der Waals surface area contributed by atoms with Crippen molar-refractivity contribution in [1.29, 1.82) is 0 Å². The van der Waals surface area contributed by atoms with E-state index in [0.29, 0.717) is 17.4 Å². The number of halogens is 1. The monoisotopic (exact) mass is 331 g/mol. The molecule has 0 bridgehead atoms. The third kappa shape index (κ3) is 4.59. The van der Waals surface area contributed by atoms with Gasteiger partial charge in [-0.3, -0.25) is 0 Å². The molecule has 1 aromatic rings. The summed E-state index contributed by atoms with van der Waals surface area (Å²) in [6.45, 7) is 2.23. The Bertz CT molecular complexity index is 566. The molecule has 0 aliphatic heterocycles. The lowest BCUT2D eigenvalue weighted by molar-refractivity contribution is 0.331. The van der Waals surface area contributed by atoms with Crippen LogP contribution in [-0.4, -0.2) is 21.1 Å². The molecular formula is C15H22ClNO3S. The summed E-state index contributed by atoms with van der Waals surface area (Å²) in [6, 6.07) is 4.70. The van der Waals surface area contributed by atoms with Crippen LogP contribution in [0.15, 0.2) is 23.1 Å². The van der Waals surface area contributed by atoms with Gasteiger partial charge in [-0.1, -0.05) is 37.3 Å². The molecule has 1 aliphatic rings. The Morgan fingerprint density at radius 1 is 1.24 bits per heavy atom. The largest absolute Gasteiger partial charge is 0.492 e. The maximum Gasteiger partial charge on any atom is 0.244 e. The van der Waals surface area contributed by atoms with Gasteiger partial charge in [0, 0.05) is 11.1 Å². The zero-order chi connectivity index (χ0) is 15.3. The molecule has 4 nitrogen and oxygen atoms in total. The minimum absolute atomic E-state index is 0.00552. The van der Waals surface area contributed by atoms with Crippen LogP contribution in [0.5, 0.6) is 5.75 Å². The maximum absolute atomic E-state index is 12.6. The van der Waals surface area contributed by atoms with Gasteiger partial charge in [-0.25, -0.2) is 13.1 Å². The Balaban J connectivity index is 2.23. The fourth-order valence-corrected chi connectivity index (χ4v) is 4.36. The molecule has 1 aromatic carbocycles. The minimum atomic E-state index is -3.61. The lowest BCUT2D eigenvalue weighted by atomic mass is 10.1. The predicted molar refractivity (Wildman–Crippen MR) is 84.4 cm³/mol. The van der Waals surface area contributed by atoms with Crippen molar-refractivity contribution < 1.29 is 13.2 Å². The SMILES string of the molecule is CCOc1ccc(Cl)cc1S(=O)(=O)NC1CCCCCC1. The zero-order valence-electron chi connectivity index (χ0n) is 12.3. The van der Waals surface area contributed by atoms with E-state index in [-0.39, 0.29) is 10.9 Å². The van der Waals surface area contributed by atoms with Gasteiger partial charge in [0.15, 0.2) is 0 Å². The van der Waals surface area contributed by atoms with Crippen LogP contribution in [0.4, 0.5) is 0 Å². The highest BCUT2D eigenvalue weighted by atomic mass is 35.5. The molecule has 1 fully saturated rings. The van der Waals surface area contributed by atoms with Gasteiger partial charge in [0.25, 0.3) is 0 Å². The molecule has 6 heteroatoms. The third-order valence-electron chi connectivity index (χ3n) is 3.67.